The normalized spacial score (nSPS) is 11.1. The first kappa shape index (κ1) is 24.8. The molecule has 0 aliphatic rings. The van der Waals surface area contributed by atoms with Crippen LogP contribution >= 0.6 is 0 Å². The van der Waals surface area contributed by atoms with Crippen molar-refractivity contribution in [3.63, 3.8) is 0 Å². The Bertz CT molecular complexity index is 1370. The Labute approximate surface area is 208 Å². The number of benzene rings is 2. The first-order chi connectivity index (χ1) is 17.6. The SMILES string of the molecule is COCC(=O)NC/C=C/c1ccc2ncnc(Nc3ccc(Oc4ccc(C)nc4)c(CO)c3)c2c1. The third-order valence-electron chi connectivity index (χ3n) is 5.27. The topological polar surface area (TPSA) is 118 Å². The van der Waals surface area contributed by atoms with Crippen LogP contribution in [0.2, 0.25) is 0 Å². The van der Waals surface area contributed by atoms with Crippen LogP contribution in [0.5, 0.6) is 11.5 Å². The summed E-state index contributed by atoms with van der Waals surface area (Å²) in [6.07, 6.45) is 6.93. The fraction of sp³-hybridized carbons (Fsp3) is 0.185. The van der Waals surface area contributed by atoms with E-state index in [-0.39, 0.29) is 19.1 Å². The number of carbonyl (C=O) groups excluding carboxylic acids is 1. The van der Waals surface area contributed by atoms with Crippen molar-refractivity contribution in [2.45, 2.75) is 13.5 Å². The zero-order valence-electron chi connectivity index (χ0n) is 20.1. The van der Waals surface area contributed by atoms with Crippen LogP contribution in [0.4, 0.5) is 11.5 Å². The molecule has 0 atom stereocenters. The molecule has 0 spiro atoms. The molecular weight excluding hydrogens is 458 g/mol. The van der Waals surface area contributed by atoms with E-state index < -0.39 is 0 Å². The minimum Gasteiger partial charge on any atom is -0.455 e. The molecule has 4 aromatic rings. The van der Waals surface area contributed by atoms with Crippen LogP contribution < -0.4 is 15.4 Å². The van der Waals surface area contributed by atoms with Crippen LogP contribution in [-0.4, -0.2) is 46.2 Å². The largest absolute Gasteiger partial charge is 0.455 e. The number of aliphatic hydroxyl groups is 1. The number of hydrogen-bond donors (Lipinski definition) is 3. The average Bonchev–Trinajstić information content (AvgIpc) is 2.89. The number of hydrogen-bond acceptors (Lipinski definition) is 8. The molecule has 0 aliphatic heterocycles. The van der Waals surface area contributed by atoms with E-state index >= 15 is 0 Å². The number of nitrogens with zero attached hydrogens (tertiary/aromatic N) is 3. The molecule has 0 saturated carbocycles. The van der Waals surface area contributed by atoms with E-state index in [4.69, 9.17) is 9.47 Å². The molecule has 4 rings (SSSR count). The number of fused-ring (bicyclic) bond motifs is 1. The molecule has 0 aliphatic carbocycles. The summed E-state index contributed by atoms with van der Waals surface area (Å²) in [5.74, 6) is 1.60. The van der Waals surface area contributed by atoms with Gasteiger partial charge in [0.25, 0.3) is 0 Å². The lowest BCUT2D eigenvalue weighted by Gasteiger charge is -2.13. The van der Waals surface area contributed by atoms with Gasteiger partial charge in [0, 0.05) is 36.0 Å². The van der Waals surface area contributed by atoms with Crippen molar-refractivity contribution in [2.75, 3.05) is 25.6 Å². The number of rotatable bonds is 10. The van der Waals surface area contributed by atoms with Crippen molar-refractivity contribution in [1.29, 1.82) is 0 Å². The van der Waals surface area contributed by atoms with Gasteiger partial charge in [-0.15, -0.1) is 0 Å². The van der Waals surface area contributed by atoms with E-state index in [2.05, 4.69) is 25.6 Å². The molecule has 0 radical (unpaired) electrons. The Balaban J connectivity index is 1.52. The molecule has 9 heteroatoms. The highest BCUT2D eigenvalue weighted by atomic mass is 16.5. The lowest BCUT2D eigenvalue weighted by atomic mass is 10.1. The van der Waals surface area contributed by atoms with Crippen LogP contribution in [0.15, 0.2) is 67.1 Å². The van der Waals surface area contributed by atoms with Gasteiger partial charge in [0.1, 0.15) is 30.3 Å². The maximum Gasteiger partial charge on any atom is 0.246 e. The molecule has 9 nitrogen and oxygen atoms in total. The Morgan fingerprint density at radius 3 is 2.75 bits per heavy atom. The maximum atomic E-state index is 11.5. The van der Waals surface area contributed by atoms with Crippen molar-refractivity contribution in [2.24, 2.45) is 0 Å². The summed E-state index contributed by atoms with van der Waals surface area (Å²) in [6.45, 7) is 2.14. The summed E-state index contributed by atoms with van der Waals surface area (Å²) in [6, 6.07) is 15.0. The number of anilines is 2. The number of nitrogens with one attached hydrogen (secondary N) is 2. The highest BCUT2D eigenvalue weighted by Crippen LogP contribution is 2.30. The number of amides is 1. The monoisotopic (exact) mass is 485 g/mol. The zero-order valence-corrected chi connectivity index (χ0v) is 20.1. The van der Waals surface area contributed by atoms with Gasteiger partial charge in [-0.1, -0.05) is 18.2 Å². The van der Waals surface area contributed by atoms with Gasteiger partial charge >= 0.3 is 0 Å². The highest BCUT2D eigenvalue weighted by molar-refractivity contribution is 5.92. The van der Waals surface area contributed by atoms with E-state index in [0.29, 0.717) is 29.4 Å². The summed E-state index contributed by atoms with van der Waals surface area (Å²) in [5.41, 5.74) is 3.99. The number of carbonyl (C=O) groups is 1. The Morgan fingerprint density at radius 2 is 1.97 bits per heavy atom. The van der Waals surface area contributed by atoms with Crippen molar-refractivity contribution >= 4 is 34.4 Å². The quantitative estimate of drug-likeness (QED) is 0.307. The van der Waals surface area contributed by atoms with E-state index in [0.717, 1.165) is 27.8 Å². The summed E-state index contributed by atoms with van der Waals surface area (Å²) < 4.78 is 10.7. The minimum atomic E-state index is -0.190. The van der Waals surface area contributed by atoms with E-state index in [9.17, 15) is 9.90 Å². The van der Waals surface area contributed by atoms with Gasteiger partial charge in [0.05, 0.1) is 18.3 Å². The second-order valence-electron chi connectivity index (χ2n) is 7.98. The van der Waals surface area contributed by atoms with Crippen molar-refractivity contribution in [3.05, 3.63) is 84.0 Å². The third-order valence-corrected chi connectivity index (χ3v) is 5.27. The first-order valence-electron chi connectivity index (χ1n) is 11.3. The van der Waals surface area contributed by atoms with Gasteiger partial charge in [-0.3, -0.25) is 9.78 Å². The van der Waals surface area contributed by atoms with E-state index in [1.54, 1.807) is 12.3 Å². The molecule has 36 heavy (non-hydrogen) atoms. The molecule has 0 unspecified atom stereocenters. The maximum absolute atomic E-state index is 11.5. The standard InChI is InChI=1S/C27H27N5O4/c1-18-5-8-22(14-29-18)36-25-10-7-21(13-20(25)15-33)32-27-23-12-19(6-9-24(23)30-17-31-27)4-3-11-28-26(34)16-35-2/h3-10,12-14,17,33H,11,15-16H2,1-2H3,(H,28,34)(H,30,31,32)/b4-3+. The van der Waals surface area contributed by atoms with Crippen molar-refractivity contribution < 1.29 is 19.4 Å². The number of methoxy groups -OCH3 is 1. The second-order valence-corrected chi connectivity index (χ2v) is 7.98. The second kappa shape index (κ2) is 11.9. The molecule has 0 saturated heterocycles. The lowest BCUT2D eigenvalue weighted by molar-refractivity contribution is -0.124. The van der Waals surface area contributed by atoms with Gasteiger partial charge in [-0.25, -0.2) is 9.97 Å². The highest BCUT2D eigenvalue weighted by Gasteiger charge is 2.09. The van der Waals surface area contributed by atoms with Crippen LogP contribution in [0.1, 0.15) is 16.8 Å². The number of aromatic nitrogens is 3. The molecule has 3 N–H and O–H groups in total. The Kier molecular flexibility index (Phi) is 8.17. The fourth-order valence-electron chi connectivity index (χ4n) is 3.49. The molecular formula is C27H27N5O4. The Morgan fingerprint density at radius 1 is 1.08 bits per heavy atom. The van der Waals surface area contributed by atoms with Crippen molar-refractivity contribution in [1.82, 2.24) is 20.3 Å². The molecule has 2 aromatic heterocycles. The smallest absolute Gasteiger partial charge is 0.246 e. The lowest BCUT2D eigenvalue weighted by Crippen LogP contribution is -2.26. The average molecular weight is 486 g/mol. The van der Waals surface area contributed by atoms with Gasteiger partial charge in [0.2, 0.25) is 5.91 Å². The minimum absolute atomic E-state index is 0.0322. The predicted molar refractivity (Wildman–Crippen MR) is 138 cm³/mol. The summed E-state index contributed by atoms with van der Waals surface area (Å²) in [4.78, 5) is 24.5. The van der Waals surface area contributed by atoms with E-state index in [1.807, 2.05) is 61.5 Å². The Hall–Kier alpha value is -4.34. The van der Waals surface area contributed by atoms with Crippen LogP contribution in [0.3, 0.4) is 0 Å². The molecule has 0 bridgehead atoms. The number of ether oxygens (including phenoxy) is 2. The fourth-order valence-corrected chi connectivity index (χ4v) is 3.49. The van der Waals surface area contributed by atoms with E-state index in [1.165, 1.54) is 13.4 Å². The number of pyridine rings is 1. The molecule has 2 heterocycles. The van der Waals surface area contributed by atoms with Crippen LogP contribution in [-0.2, 0) is 16.1 Å². The first-order valence-corrected chi connectivity index (χ1v) is 11.3. The van der Waals surface area contributed by atoms with Gasteiger partial charge in [-0.2, -0.15) is 0 Å². The summed E-state index contributed by atoms with van der Waals surface area (Å²) in [7, 11) is 1.48. The number of aliphatic hydroxyl groups excluding tert-OH is 1. The molecule has 184 valence electrons. The van der Waals surface area contributed by atoms with Crippen LogP contribution in [0, 0.1) is 6.92 Å². The number of aryl methyl sites for hydroxylation is 1. The zero-order chi connectivity index (χ0) is 25.3. The van der Waals surface area contributed by atoms with Gasteiger partial charge in [-0.05, 0) is 55.0 Å². The van der Waals surface area contributed by atoms with Gasteiger partial charge < -0.3 is 25.2 Å². The van der Waals surface area contributed by atoms with Gasteiger partial charge in [0.15, 0.2) is 0 Å². The molecule has 1 amide bonds. The van der Waals surface area contributed by atoms with Crippen LogP contribution in [0.25, 0.3) is 17.0 Å². The third kappa shape index (κ3) is 6.41. The predicted octanol–water partition coefficient (Wildman–Crippen LogP) is 4.14. The summed E-state index contributed by atoms with van der Waals surface area (Å²) >= 11 is 0. The molecule has 2 aromatic carbocycles. The van der Waals surface area contributed by atoms with Crippen molar-refractivity contribution in [3.8, 4) is 11.5 Å². The molecule has 0 fully saturated rings. The summed E-state index contributed by atoms with van der Waals surface area (Å²) in [5, 5.41) is 16.8.